The molecule has 3 rings (SSSR count). The Bertz CT molecular complexity index is 777. The Morgan fingerprint density at radius 1 is 1.12 bits per heavy atom. The third kappa shape index (κ3) is 5.11. The molecule has 0 spiro atoms. The number of hydrazine groups is 1. The first-order valence-electron chi connectivity index (χ1n) is 8.42. The minimum atomic E-state index is -0.110. The van der Waals surface area contributed by atoms with Gasteiger partial charge in [-0.1, -0.05) is 35.3 Å². The molecule has 1 amide bonds. The normalized spacial score (nSPS) is 15.7. The maximum atomic E-state index is 12.5. The quantitative estimate of drug-likeness (QED) is 0.844. The zero-order valence-electron chi connectivity index (χ0n) is 14.5. The van der Waals surface area contributed by atoms with Crippen LogP contribution >= 0.6 is 23.2 Å². The van der Waals surface area contributed by atoms with Crippen molar-refractivity contribution in [3.63, 3.8) is 0 Å². The molecule has 0 bridgehead atoms. The summed E-state index contributed by atoms with van der Waals surface area (Å²) in [5.41, 5.74) is 4.46. The second-order valence-electron chi connectivity index (χ2n) is 6.30. The van der Waals surface area contributed by atoms with Crippen LogP contribution in [-0.2, 0) is 6.61 Å². The first-order valence-corrected chi connectivity index (χ1v) is 9.18. The summed E-state index contributed by atoms with van der Waals surface area (Å²) in [5.74, 6) is 0.448. The van der Waals surface area contributed by atoms with E-state index in [0.717, 1.165) is 31.7 Å². The van der Waals surface area contributed by atoms with Crippen molar-refractivity contribution in [1.29, 1.82) is 0 Å². The zero-order valence-corrected chi connectivity index (χ0v) is 16.1. The van der Waals surface area contributed by atoms with Crippen molar-refractivity contribution in [1.82, 2.24) is 15.3 Å². The Hall–Kier alpha value is -1.79. The molecule has 1 aliphatic heterocycles. The van der Waals surface area contributed by atoms with E-state index in [9.17, 15) is 4.79 Å². The van der Waals surface area contributed by atoms with Gasteiger partial charge in [0.25, 0.3) is 5.91 Å². The molecule has 0 radical (unpaired) electrons. The number of carbonyl (C=O) groups is 1. The Balaban J connectivity index is 1.59. The predicted octanol–water partition coefficient (Wildman–Crippen LogP) is 3.46. The molecular formula is C19H21Cl2N3O2. The summed E-state index contributed by atoms with van der Waals surface area (Å²) < 4.78 is 5.74. The van der Waals surface area contributed by atoms with Gasteiger partial charge in [-0.05, 0) is 42.9 Å². The first kappa shape index (κ1) is 19.0. The van der Waals surface area contributed by atoms with Crippen LogP contribution in [0.5, 0.6) is 5.75 Å². The number of likely N-dealkylation sites (N-methyl/N-ethyl adjacent to an activating group) is 1. The Kier molecular flexibility index (Phi) is 6.38. The molecule has 0 aromatic heterocycles. The third-order valence-electron chi connectivity index (χ3n) is 4.24. The zero-order chi connectivity index (χ0) is 18.5. The summed E-state index contributed by atoms with van der Waals surface area (Å²) in [5, 5.41) is 2.98. The average Bonchev–Trinajstić information content (AvgIpc) is 2.63. The number of piperazine rings is 1. The van der Waals surface area contributed by atoms with Crippen LogP contribution in [-0.4, -0.2) is 49.0 Å². The van der Waals surface area contributed by atoms with Crippen molar-refractivity contribution in [2.75, 3.05) is 33.2 Å². The molecule has 0 atom stereocenters. The number of rotatable bonds is 5. The molecular weight excluding hydrogens is 373 g/mol. The Labute approximate surface area is 163 Å². The van der Waals surface area contributed by atoms with Gasteiger partial charge in [0.15, 0.2) is 0 Å². The molecule has 1 heterocycles. The highest BCUT2D eigenvalue weighted by Crippen LogP contribution is 2.28. The molecule has 5 nitrogen and oxygen atoms in total. The molecule has 26 heavy (non-hydrogen) atoms. The van der Waals surface area contributed by atoms with E-state index >= 15 is 0 Å². The summed E-state index contributed by atoms with van der Waals surface area (Å²) in [6, 6.07) is 12.5. The van der Waals surface area contributed by atoms with E-state index < -0.39 is 0 Å². The molecule has 138 valence electrons. The molecule has 7 heteroatoms. The highest BCUT2D eigenvalue weighted by atomic mass is 35.5. The van der Waals surface area contributed by atoms with Gasteiger partial charge in [-0.3, -0.25) is 10.2 Å². The second-order valence-corrected chi connectivity index (χ2v) is 7.14. The number of carbonyl (C=O) groups excluding carboxylic acids is 1. The molecule has 0 aliphatic carbocycles. The van der Waals surface area contributed by atoms with Crippen molar-refractivity contribution >= 4 is 29.1 Å². The van der Waals surface area contributed by atoms with Gasteiger partial charge in [0.05, 0.1) is 5.02 Å². The molecule has 1 saturated heterocycles. The lowest BCUT2D eigenvalue weighted by Gasteiger charge is -2.32. The summed E-state index contributed by atoms with van der Waals surface area (Å²) in [7, 11) is 2.08. The van der Waals surface area contributed by atoms with Gasteiger partial charge in [-0.25, -0.2) is 5.01 Å². The van der Waals surface area contributed by atoms with E-state index in [1.807, 2.05) is 23.2 Å². The fourth-order valence-electron chi connectivity index (χ4n) is 2.68. The second kappa shape index (κ2) is 8.73. The number of hydrogen-bond donors (Lipinski definition) is 1. The van der Waals surface area contributed by atoms with E-state index in [1.165, 1.54) is 0 Å². The van der Waals surface area contributed by atoms with Gasteiger partial charge >= 0.3 is 0 Å². The van der Waals surface area contributed by atoms with Crippen LogP contribution in [0, 0.1) is 0 Å². The predicted molar refractivity (Wildman–Crippen MR) is 104 cm³/mol. The van der Waals surface area contributed by atoms with E-state index in [1.54, 1.807) is 24.3 Å². The molecule has 1 fully saturated rings. The number of nitrogens with one attached hydrogen (secondary N) is 1. The molecule has 2 aromatic carbocycles. The third-order valence-corrected chi connectivity index (χ3v) is 4.77. The van der Waals surface area contributed by atoms with Gasteiger partial charge < -0.3 is 9.64 Å². The monoisotopic (exact) mass is 393 g/mol. The van der Waals surface area contributed by atoms with Crippen molar-refractivity contribution in [3.05, 3.63) is 63.6 Å². The number of benzene rings is 2. The lowest BCUT2D eigenvalue weighted by atomic mass is 10.1. The minimum absolute atomic E-state index is 0.110. The van der Waals surface area contributed by atoms with E-state index in [4.69, 9.17) is 27.9 Å². The smallest absolute Gasteiger partial charge is 0.265 e. The summed E-state index contributed by atoms with van der Waals surface area (Å²) >= 11 is 12.0. The van der Waals surface area contributed by atoms with E-state index in [0.29, 0.717) is 28.0 Å². The van der Waals surface area contributed by atoms with Crippen LogP contribution < -0.4 is 10.2 Å². The maximum Gasteiger partial charge on any atom is 0.265 e. The Morgan fingerprint density at radius 3 is 2.62 bits per heavy atom. The number of ether oxygens (including phenoxy) is 1. The largest absolute Gasteiger partial charge is 0.487 e. The van der Waals surface area contributed by atoms with Crippen molar-refractivity contribution < 1.29 is 9.53 Å². The number of amides is 1. The van der Waals surface area contributed by atoms with Crippen LogP contribution in [0.4, 0.5) is 0 Å². The van der Waals surface area contributed by atoms with Crippen molar-refractivity contribution in [2.24, 2.45) is 0 Å². The lowest BCUT2D eigenvalue weighted by Crippen LogP contribution is -2.52. The lowest BCUT2D eigenvalue weighted by molar-refractivity contribution is 0.0662. The minimum Gasteiger partial charge on any atom is -0.487 e. The summed E-state index contributed by atoms with van der Waals surface area (Å²) in [6.07, 6.45) is 0. The van der Waals surface area contributed by atoms with Gasteiger partial charge in [-0.2, -0.15) is 0 Å². The molecule has 1 N–H and O–H groups in total. The maximum absolute atomic E-state index is 12.5. The van der Waals surface area contributed by atoms with Gasteiger partial charge in [0.1, 0.15) is 12.4 Å². The summed E-state index contributed by atoms with van der Waals surface area (Å²) in [6.45, 7) is 3.84. The van der Waals surface area contributed by atoms with Crippen LogP contribution in [0.25, 0.3) is 0 Å². The number of halogens is 2. The highest BCUT2D eigenvalue weighted by molar-refractivity contribution is 6.35. The average molecular weight is 394 g/mol. The standard InChI is InChI=1S/C19H21Cl2N3O2/c1-23-7-9-24(10-8-23)22-19(25)15-4-2-3-14(11-15)13-26-18-6-5-16(20)12-17(18)21/h2-6,11-12H,7-10,13H2,1H3,(H,22,25). The molecule has 0 unspecified atom stereocenters. The van der Waals surface area contributed by atoms with Crippen LogP contribution in [0.3, 0.4) is 0 Å². The molecule has 2 aromatic rings. The van der Waals surface area contributed by atoms with E-state index in [2.05, 4.69) is 17.4 Å². The van der Waals surface area contributed by atoms with Crippen LogP contribution in [0.1, 0.15) is 15.9 Å². The van der Waals surface area contributed by atoms with Gasteiger partial charge in [0, 0.05) is 36.8 Å². The molecule has 1 aliphatic rings. The van der Waals surface area contributed by atoms with Crippen molar-refractivity contribution in [2.45, 2.75) is 6.61 Å². The first-order chi connectivity index (χ1) is 12.5. The highest BCUT2D eigenvalue weighted by Gasteiger charge is 2.16. The van der Waals surface area contributed by atoms with E-state index in [-0.39, 0.29) is 5.91 Å². The SMILES string of the molecule is CN1CCN(NC(=O)c2cccc(COc3ccc(Cl)cc3Cl)c2)CC1. The number of hydrogen-bond acceptors (Lipinski definition) is 4. The fraction of sp³-hybridized carbons (Fsp3) is 0.316. The van der Waals surface area contributed by atoms with Gasteiger partial charge in [-0.15, -0.1) is 0 Å². The van der Waals surface area contributed by atoms with Gasteiger partial charge in [0.2, 0.25) is 0 Å². The summed E-state index contributed by atoms with van der Waals surface area (Å²) in [4.78, 5) is 14.7. The van der Waals surface area contributed by atoms with Crippen LogP contribution in [0.15, 0.2) is 42.5 Å². The number of nitrogens with zero attached hydrogens (tertiary/aromatic N) is 2. The van der Waals surface area contributed by atoms with Crippen molar-refractivity contribution in [3.8, 4) is 5.75 Å². The molecule has 0 saturated carbocycles. The Morgan fingerprint density at radius 2 is 1.88 bits per heavy atom. The topological polar surface area (TPSA) is 44.8 Å². The fourth-order valence-corrected chi connectivity index (χ4v) is 3.15. The van der Waals surface area contributed by atoms with Crippen LogP contribution in [0.2, 0.25) is 10.0 Å².